The molecule has 0 N–H and O–H groups in total. The van der Waals surface area contributed by atoms with E-state index in [-0.39, 0.29) is 0 Å². The van der Waals surface area contributed by atoms with Crippen LogP contribution < -0.4 is 5.19 Å². The number of benzene rings is 2. The Balaban J connectivity index is 1.69. The van der Waals surface area contributed by atoms with E-state index in [2.05, 4.69) is 80.0 Å². The molecule has 1 aliphatic carbocycles. The van der Waals surface area contributed by atoms with Crippen LogP contribution in [0.4, 0.5) is 0 Å². The topological polar surface area (TPSA) is 0 Å². The molecule has 124 valence electrons. The van der Waals surface area contributed by atoms with E-state index in [0.717, 1.165) is 17.0 Å². The van der Waals surface area contributed by atoms with Gasteiger partial charge < -0.3 is 0 Å². The molecule has 0 spiro atoms. The summed E-state index contributed by atoms with van der Waals surface area (Å²) in [7, 11) is -1.21. The molecule has 0 aromatic heterocycles. The van der Waals surface area contributed by atoms with Crippen LogP contribution in [-0.4, -0.2) is 8.07 Å². The summed E-state index contributed by atoms with van der Waals surface area (Å²) in [5, 5.41) is 1.49. The minimum Gasteiger partial charge on any atom is -0.0656 e. The molecule has 0 heterocycles. The third-order valence-electron chi connectivity index (χ3n) is 5.09. The first-order valence-corrected chi connectivity index (χ1v) is 12.7. The summed E-state index contributed by atoms with van der Waals surface area (Å²) in [5.74, 6) is 7.39. The maximum absolute atomic E-state index is 3.31. The van der Waals surface area contributed by atoms with Crippen LogP contribution in [0.1, 0.15) is 54.7 Å². The zero-order valence-electron chi connectivity index (χ0n) is 15.2. The molecule has 24 heavy (non-hydrogen) atoms. The monoisotopic (exact) mass is 332 g/mol. The molecule has 1 heteroatoms. The molecule has 0 unspecified atom stereocenters. The lowest BCUT2D eigenvalue weighted by Gasteiger charge is -2.21. The highest BCUT2D eigenvalue weighted by Gasteiger charge is 2.16. The molecule has 3 rings (SSSR count). The summed E-state index contributed by atoms with van der Waals surface area (Å²) in [5.41, 5.74) is 3.72. The van der Waals surface area contributed by atoms with Gasteiger partial charge in [-0.05, 0) is 48.6 Å². The van der Waals surface area contributed by atoms with Crippen molar-refractivity contribution < 1.29 is 0 Å². The average Bonchev–Trinajstić information content (AvgIpc) is 2.61. The van der Waals surface area contributed by atoms with Gasteiger partial charge in [-0.15, -0.1) is 0 Å². The Morgan fingerprint density at radius 3 is 1.71 bits per heavy atom. The summed E-state index contributed by atoms with van der Waals surface area (Å²) >= 11 is 0. The predicted octanol–water partition coefficient (Wildman–Crippen LogP) is 5.68. The van der Waals surface area contributed by atoms with Crippen LogP contribution in [-0.2, 0) is 0 Å². The Morgan fingerprint density at radius 1 is 0.708 bits per heavy atom. The highest BCUT2D eigenvalue weighted by molar-refractivity contribution is 6.88. The SMILES string of the molecule is C[Si](C)(C)c1ccc(C#Cc2ccc(C3CCCCC3)cc2)cc1. The normalized spacial score (nSPS) is 15.6. The van der Waals surface area contributed by atoms with E-state index in [1.807, 2.05) is 0 Å². The van der Waals surface area contributed by atoms with Gasteiger partial charge in [0.05, 0.1) is 8.07 Å². The van der Waals surface area contributed by atoms with E-state index >= 15 is 0 Å². The van der Waals surface area contributed by atoms with Crippen molar-refractivity contribution in [2.75, 3.05) is 0 Å². The first-order chi connectivity index (χ1) is 11.5. The Morgan fingerprint density at radius 2 is 1.21 bits per heavy atom. The molecule has 0 radical (unpaired) electrons. The lowest BCUT2D eigenvalue weighted by atomic mass is 9.84. The maximum Gasteiger partial charge on any atom is 0.0775 e. The largest absolute Gasteiger partial charge is 0.0775 e. The standard InChI is InChI=1S/C23H28Si/c1-24(2,3)23-17-13-20(14-18-23)10-9-19-11-15-22(16-12-19)21-7-5-4-6-8-21/h11-18,21H,4-8H2,1-3H3. The van der Waals surface area contributed by atoms with Crippen molar-refractivity contribution in [1.29, 1.82) is 0 Å². The zero-order valence-corrected chi connectivity index (χ0v) is 16.2. The molecule has 1 aliphatic rings. The Bertz CT molecular complexity index is 715. The van der Waals surface area contributed by atoms with Gasteiger partial charge in [-0.3, -0.25) is 0 Å². The van der Waals surface area contributed by atoms with Gasteiger partial charge in [0, 0.05) is 11.1 Å². The van der Waals surface area contributed by atoms with Gasteiger partial charge in [0.15, 0.2) is 0 Å². The summed E-state index contributed by atoms with van der Waals surface area (Å²) < 4.78 is 0. The highest BCUT2D eigenvalue weighted by Crippen LogP contribution is 2.32. The van der Waals surface area contributed by atoms with Gasteiger partial charge in [0.25, 0.3) is 0 Å². The van der Waals surface area contributed by atoms with Gasteiger partial charge >= 0.3 is 0 Å². The summed E-state index contributed by atoms with van der Waals surface area (Å²) in [6.07, 6.45) is 6.90. The highest BCUT2D eigenvalue weighted by atomic mass is 28.3. The Labute approximate surface area is 148 Å². The van der Waals surface area contributed by atoms with Gasteiger partial charge in [-0.2, -0.15) is 0 Å². The molecule has 0 atom stereocenters. The molecule has 0 amide bonds. The van der Waals surface area contributed by atoms with E-state index in [0.29, 0.717) is 0 Å². The second-order valence-electron chi connectivity index (χ2n) is 8.03. The van der Waals surface area contributed by atoms with Crippen LogP contribution in [0.15, 0.2) is 48.5 Å². The van der Waals surface area contributed by atoms with Crippen molar-refractivity contribution in [3.05, 3.63) is 65.2 Å². The third kappa shape index (κ3) is 4.39. The summed E-state index contributed by atoms with van der Waals surface area (Å²) in [4.78, 5) is 0. The average molecular weight is 333 g/mol. The summed E-state index contributed by atoms with van der Waals surface area (Å²) in [6.45, 7) is 7.13. The second kappa shape index (κ2) is 7.41. The van der Waals surface area contributed by atoms with Gasteiger partial charge in [-0.25, -0.2) is 0 Å². The molecular weight excluding hydrogens is 304 g/mol. The molecule has 2 aromatic carbocycles. The lowest BCUT2D eigenvalue weighted by molar-refractivity contribution is 0.443. The number of rotatable bonds is 2. The van der Waals surface area contributed by atoms with Crippen LogP contribution in [0, 0.1) is 11.8 Å². The van der Waals surface area contributed by atoms with Gasteiger partial charge in [0.2, 0.25) is 0 Å². The molecule has 1 fully saturated rings. The van der Waals surface area contributed by atoms with Crippen LogP contribution >= 0.6 is 0 Å². The number of hydrogen-bond acceptors (Lipinski definition) is 0. The Kier molecular flexibility index (Phi) is 5.26. The fraction of sp³-hybridized carbons (Fsp3) is 0.391. The van der Waals surface area contributed by atoms with E-state index in [1.165, 1.54) is 42.9 Å². The fourth-order valence-corrected chi connectivity index (χ4v) is 4.64. The molecule has 0 aliphatic heterocycles. The molecule has 2 aromatic rings. The minimum absolute atomic E-state index is 0.773. The molecular formula is C23H28Si. The first kappa shape index (κ1) is 17.1. The van der Waals surface area contributed by atoms with Crippen molar-refractivity contribution in [1.82, 2.24) is 0 Å². The van der Waals surface area contributed by atoms with Crippen molar-refractivity contribution in [2.24, 2.45) is 0 Å². The minimum atomic E-state index is -1.21. The summed E-state index contributed by atoms with van der Waals surface area (Å²) in [6, 6.07) is 17.8. The van der Waals surface area contributed by atoms with Crippen molar-refractivity contribution in [3.63, 3.8) is 0 Å². The van der Waals surface area contributed by atoms with Crippen molar-refractivity contribution in [3.8, 4) is 11.8 Å². The third-order valence-corrected chi connectivity index (χ3v) is 7.15. The quantitative estimate of drug-likeness (QED) is 0.490. The molecule has 0 bridgehead atoms. The van der Waals surface area contributed by atoms with Crippen LogP contribution in [0.25, 0.3) is 0 Å². The maximum atomic E-state index is 3.31. The van der Waals surface area contributed by atoms with Crippen LogP contribution in [0.2, 0.25) is 19.6 Å². The first-order valence-electron chi connectivity index (χ1n) is 9.25. The lowest BCUT2D eigenvalue weighted by Crippen LogP contribution is -2.37. The van der Waals surface area contributed by atoms with E-state index in [4.69, 9.17) is 0 Å². The predicted molar refractivity (Wildman–Crippen MR) is 108 cm³/mol. The molecule has 0 saturated heterocycles. The van der Waals surface area contributed by atoms with Gasteiger partial charge in [0.1, 0.15) is 0 Å². The smallest absolute Gasteiger partial charge is 0.0656 e. The van der Waals surface area contributed by atoms with Crippen LogP contribution in [0.5, 0.6) is 0 Å². The second-order valence-corrected chi connectivity index (χ2v) is 13.1. The van der Waals surface area contributed by atoms with Crippen molar-refractivity contribution >= 4 is 13.3 Å². The fourth-order valence-electron chi connectivity index (χ4n) is 3.47. The van der Waals surface area contributed by atoms with Crippen LogP contribution in [0.3, 0.4) is 0 Å². The zero-order chi connectivity index (χ0) is 17.0. The van der Waals surface area contributed by atoms with E-state index in [1.54, 1.807) is 0 Å². The van der Waals surface area contributed by atoms with Gasteiger partial charge in [-0.1, -0.05) is 80.2 Å². The molecule has 1 saturated carbocycles. The number of hydrogen-bond donors (Lipinski definition) is 0. The Hall–Kier alpha value is -1.78. The van der Waals surface area contributed by atoms with E-state index < -0.39 is 8.07 Å². The van der Waals surface area contributed by atoms with E-state index in [9.17, 15) is 0 Å². The molecule has 0 nitrogen and oxygen atoms in total. The van der Waals surface area contributed by atoms with Crippen molar-refractivity contribution in [2.45, 2.75) is 57.7 Å².